The summed E-state index contributed by atoms with van der Waals surface area (Å²) in [6, 6.07) is 8.82. The lowest BCUT2D eigenvalue weighted by Gasteiger charge is -2.06. The van der Waals surface area contributed by atoms with Gasteiger partial charge < -0.3 is 9.84 Å². The third-order valence-corrected chi connectivity index (χ3v) is 2.48. The molecule has 0 atom stereocenters. The fourth-order valence-corrected chi connectivity index (χ4v) is 1.49. The fourth-order valence-electron chi connectivity index (χ4n) is 1.49. The number of nitro benzene ring substituents is 1. The number of nitro groups is 1. The van der Waals surface area contributed by atoms with Crippen LogP contribution >= 0.6 is 0 Å². The van der Waals surface area contributed by atoms with E-state index < -0.39 is 4.92 Å². The first-order chi connectivity index (χ1) is 9.63. The van der Waals surface area contributed by atoms with Crippen molar-refractivity contribution in [3.63, 3.8) is 0 Å². The van der Waals surface area contributed by atoms with Crippen LogP contribution in [0.5, 0.6) is 11.6 Å². The molecule has 7 nitrogen and oxygen atoms in total. The SMILES string of the molecule is N#Cc1ccc(Oc2ccc(CO)cn2)c([N+](=O)[O-])c1. The molecule has 0 saturated carbocycles. The predicted molar refractivity (Wildman–Crippen MR) is 68.0 cm³/mol. The standard InChI is InChI=1S/C13H9N3O4/c14-6-9-1-3-12(11(5-9)16(18)19)20-13-4-2-10(8-17)7-15-13/h1-5,7,17H,8H2. The van der Waals surface area contributed by atoms with Gasteiger partial charge in [0, 0.05) is 18.3 Å². The minimum atomic E-state index is -0.627. The van der Waals surface area contributed by atoms with Gasteiger partial charge >= 0.3 is 5.69 Å². The van der Waals surface area contributed by atoms with E-state index in [2.05, 4.69) is 4.98 Å². The van der Waals surface area contributed by atoms with Crippen LogP contribution in [0.2, 0.25) is 0 Å². The van der Waals surface area contributed by atoms with E-state index in [0.717, 1.165) is 6.07 Å². The number of aliphatic hydroxyl groups is 1. The highest BCUT2D eigenvalue weighted by Gasteiger charge is 2.17. The van der Waals surface area contributed by atoms with Gasteiger partial charge in [-0.05, 0) is 23.8 Å². The summed E-state index contributed by atoms with van der Waals surface area (Å²) in [6.45, 7) is -0.149. The molecule has 1 heterocycles. The second-order valence-corrected chi connectivity index (χ2v) is 3.82. The van der Waals surface area contributed by atoms with Crippen molar-refractivity contribution in [3.05, 3.63) is 57.8 Å². The van der Waals surface area contributed by atoms with E-state index in [1.165, 1.54) is 24.4 Å². The number of benzene rings is 1. The van der Waals surface area contributed by atoms with E-state index in [4.69, 9.17) is 15.1 Å². The molecule has 100 valence electrons. The van der Waals surface area contributed by atoms with Crippen molar-refractivity contribution < 1.29 is 14.8 Å². The molecule has 0 fully saturated rings. The maximum atomic E-state index is 10.9. The molecule has 1 N–H and O–H groups in total. The van der Waals surface area contributed by atoms with Crippen LogP contribution in [0.15, 0.2) is 36.5 Å². The Morgan fingerprint density at radius 2 is 2.20 bits per heavy atom. The van der Waals surface area contributed by atoms with E-state index in [1.54, 1.807) is 6.07 Å². The lowest BCUT2D eigenvalue weighted by molar-refractivity contribution is -0.385. The van der Waals surface area contributed by atoms with Crippen molar-refractivity contribution in [3.8, 4) is 17.7 Å². The van der Waals surface area contributed by atoms with Crippen LogP contribution in [0.3, 0.4) is 0 Å². The summed E-state index contributed by atoms with van der Waals surface area (Å²) in [5.74, 6) is 0.160. The number of rotatable bonds is 4. The zero-order valence-corrected chi connectivity index (χ0v) is 10.2. The number of hydrogen-bond donors (Lipinski definition) is 1. The maximum absolute atomic E-state index is 10.9. The first kappa shape index (κ1) is 13.5. The van der Waals surface area contributed by atoms with Crippen molar-refractivity contribution in [2.75, 3.05) is 0 Å². The summed E-state index contributed by atoms with van der Waals surface area (Å²) in [6.07, 6.45) is 1.41. The monoisotopic (exact) mass is 271 g/mol. The fraction of sp³-hybridized carbons (Fsp3) is 0.0769. The largest absolute Gasteiger partial charge is 0.432 e. The van der Waals surface area contributed by atoms with E-state index in [0.29, 0.717) is 5.56 Å². The van der Waals surface area contributed by atoms with Crippen LogP contribution in [0.4, 0.5) is 5.69 Å². The molecule has 20 heavy (non-hydrogen) atoms. The molecule has 0 aliphatic carbocycles. The molecule has 0 amide bonds. The first-order valence-corrected chi connectivity index (χ1v) is 5.56. The van der Waals surface area contributed by atoms with Gasteiger partial charge in [-0.15, -0.1) is 0 Å². The third-order valence-electron chi connectivity index (χ3n) is 2.48. The second kappa shape index (κ2) is 5.77. The molecule has 0 bridgehead atoms. The Labute approximate surface area is 113 Å². The molecule has 7 heteroatoms. The Bertz CT molecular complexity index is 677. The Balaban J connectivity index is 2.32. The smallest absolute Gasteiger partial charge is 0.312 e. The van der Waals surface area contributed by atoms with E-state index in [-0.39, 0.29) is 29.5 Å². The zero-order valence-electron chi connectivity index (χ0n) is 10.2. The van der Waals surface area contributed by atoms with Crippen molar-refractivity contribution in [1.82, 2.24) is 4.98 Å². The van der Waals surface area contributed by atoms with Crippen LogP contribution in [-0.4, -0.2) is 15.0 Å². The summed E-state index contributed by atoms with van der Waals surface area (Å²) in [4.78, 5) is 14.2. The van der Waals surface area contributed by atoms with Gasteiger partial charge in [0.15, 0.2) is 0 Å². The van der Waals surface area contributed by atoms with Gasteiger partial charge in [0.05, 0.1) is 23.2 Å². The van der Waals surface area contributed by atoms with Crippen molar-refractivity contribution >= 4 is 5.69 Å². The lowest BCUT2D eigenvalue weighted by atomic mass is 10.2. The molecule has 2 aromatic rings. The summed E-state index contributed by atoms with van der Waals surface area (Å²) < 4.78 is 5.33. The summed E-state index contributed by atoms with van der Waals surface area (Å²) in [5.41, 5.74) is 0.469. The van der Waals surface area contributed by atoms with Gasteiger partial charge in [-0.3, -0.25) is 10.1 Å². The number of pyridine rings is 1. The number of aromatic nitrogens is 1. The summed E-state index contributed by atoms with van der Waals surface area (Å²) >= 11 is 0. The van der Waals surface area contributed by atoms with Crippen LogP contribution in [0.1, 0.15) is 11.1 Å². The normalized spacial score (nSPS) is 9.80. The minimum absolute atomic E-state index is 0.00162. The lowest BCUT2D eigenvalue weighted by Crippen LogP contribution is -1.96. The van der Waals surface area contributed by atoms with Gasteiger partial charge in [0.25, 0.3) is 0 Å². The Morgan fingerprint density at radius 1 is 1.40 bits per heavy atom. The number of hydrogen-bond acceptors (Lipinski definition) is 6. The van der Waals surface area contributed by atoms with Crippen molar-refractivity contribution in [1.29, 1.82) is 5.26 Å². The van der Waals surface area contributed by atoms with Gasteiger partial charge in [0.2, 0.25) is 11.6 Å². The van der Waals surface area contributed by atoms with Gasteiger partial charge in [0.1, 0.15) is 0 Å². The average Bonchev–Trinajstić information content (AvgIpc) is 2.48. The van der Waals surface area contributed by atoms with E-state index in [9.17, 15) is 10.1 Å². The molecule has 2 rings (SSSR count). The molecule has 0 radical (unpaired) electrons. The highest BCUT2D eigenvalue weighted by molar-refractivity contribution is 5.52. The first-order valence-electron chi connectivity index (χ1n) is 5.56. The van der Waals surface area contributed by atoms with Crippen LogP contribution in [0.25, 0.3) is 0 Å². The van der Waals surface area contributed by atoms with Crippen LogP contribution in [0, 0.1) is 21.4 Å². The Morgan fingerprint density at radius 3 is 2.75 bits per heavy atom. The topological polar surface area (TPSA) is 109 Å². The maximum Gasteiger partial charge on any atom is 0.312 e. The molecule has 1 aromatic carbocycles. The molecular weight excluding hydrogens is 262 g/mol. The number of nitriles is 1. The highest BCUT2D eigenvalue weighted by Crippen LogP contribution is 2.31. The van der Waals surface area contributed by atoms with Crippen LogP contribution < -0.4 is 4.74 Å². The van der Waals surface area contributed by atoms with Gasteiger partial charge in [-0.1, -0.05) is 0 Å². The quantitative estimate of drug-likeness (QED) is 0.673. The molecule has 0 spiro atoms. The number of nitrogens with zero attached hydrogens (tertiary/aromatic N) is 3. The second-order valence-electron chi connectivity index (χ2n) is 3.82. The summed E-state index contributed by atoms with van der Waals surface area (Å²) in [7, 11) is 0. The van der Waals surface area contributed by atoms with Gasteiger partial charge in [-0.25, -0.2) is 4.98 Å². The highest BCUT2D eigenvalue weighted by atomic mass is 16.6. The Kier molecular flexibility index (Phi) is 3.88. The average molecular weight is 271 g/mol. The zero-order chi connectivity index (χ0) is 14.5. The third kappa shape index (κ3) is 2.88. The van der Waals surface area contributed by atoms with Crippen molar-refractivity contribution in [2.24, 2.45) is 0 Å². The van der Waals surface area contributed by atoms with E-state index in [1.807, 2.05) is 6.07 Å². The van der Waals surface area contributed by atoms with Crippen LogP contribution in [-0.2, 0) is 6.61 Å². The number of aliphatic hydroxyl groups excluding tert-OH is 1. The molecular formula is C13H9N3O4. The molecule has 0 saturated heterocycles. The van der Waals surface area contributed by atoms with E-state index >= 15 is 0 Å². The number of ether oxygens (including phenoxy) is 1. The minimum Gasteiger partial charge on any atom is -0.432 e. The molecule has 0 unspecified atom stereocenters. The molecule has 0 aliphatic rings. The van der Waals surface area contributed by atoms with Crippen molar-refractivity contribution in [2.45, 2.75) is 6.61 Å². The molecule has 1 aromatic heterocycles. The summed E-state index contributed by atoms with van der Waals surface area (Å²) in [5, 5.41) is 28.6. The molecule has 0 aliphatic heterocycles. The Hall–Kier alpha value is -2.98. The van der Waals surface area contributed by atoms with Gasteiger partial charge in [-0.2, -0.15) is 5.26 Å². The predicted octanol–water partition coefficient (Wildman–Crippen LogP) is 2.15.